The van der Waals surface area contributed by atoms with Gasteiger partial charge in [0.15, 0.2) is 0 Å². The van der Waals surface area contributed by atoms with Crippen LogP contribution in [-0.4, -0.2) is 24.4 Å². The molecule has 1 heterocycles. The Labute approximate surface area is 91.4 Å². The largest absolute Gasteiger partial charge is 0.366 e. The highest BCUT2D eigenvalue weighted by Crippen LogP contribution is 2.14. The first kappa shape index (κ1) is 11.7. The zero-order chi connectivity index (χ0) is 11.4. The van der Waals surface area contributed by atoms with Crippen LogP contribution < -0.4 is 16.8 Å². The molecule has 0 bridgehead atoms. The van der Waals surface area contributed by atoms with Crippen LogP contribution in [0.5, 0.6) is 0 Å². The standard InChI is InChI=1S/C9H13N3O2S/c1-5(3-10)12-9(14)7-2-6(4-15-7)8(11)13/h2,4-5H,3,10H2,1H3,(H2,11,13)(H,12,14)/t5-/m0/s1. The summed E-state index contributed by atoms with van der Waals surface area (Å²) in [6.45, 7) is 2.18. The number of nitrogens with two attached hydrogens (primary N) is 2. The molecule has 1 atom stereocenters. The van der Waals surface area contributed by atoms with Gasteiger partial charge in [-0.05, 0) is 13.0 Å². The minimum Gasteiger partial charge on any atom is -0.366 e. The number of thiophene rings is 1. The van der Waals surface area contributed by atoms with Gasteiger partial charge < -0.3 is 16.8 Å². The maximum Gasteiger partial charge on any atom is 0.261 e. The lowest BCUT2D eigenvalue weighted by Gasteiger charge is -2.09. The lowest BCUT2D eigenvalue weighted by Crippen LogP contribution is -2.37. The van der Waals surface area contributed by atoms with Crippen molar-refractivity contribution < 1.29 is 9.59 Å². The van der Waals surface area contributed by atoms with E-state index in [0.29, 0.717) is 17.0 Å². The van der Waals surface area contributed by atoms with Crippen molar-refractivity contribution in [3.63, 3.8) is 0 Å². The number of rotatable bonds is 4. The van der Waals surface area contributed by atoms with Gasteiger partial charge in [0.1, 0.15) is 0 Å². The molecule has 0 aromatic carbocycles. The first-order valence-electron chi connectivity index (χ1n) is 4.44. The molecule has 6 heteroatoms. The summed E-state index contributed by atoms with van der Waals surface area (Å²) in [5.74, 6) is -0.761. The molecule has 0 fully saturated rings. The van der Waals surface area contributed by atoms with E-state index in [4.69, 9.17) is 11.5 Å². The van der Waals surface area contributed by atoms with Crippen LogP contribution in [0.4, 0.5) is 0 Å². The monoisotopic (exact) mass is 227 g/mol. The fourth-order valence-electron chi connectivity index (χ4n) is 0.938. The van der Waals surface area contributed by atoms with Gasteiger partial charge in [0.05, 0.1) is 10.4 Å². The van der Waals surface area contributed by atoms with Crippen molar-refractivity contribution in [1.29, 1.82) is 0 Å². The third-order valence-electron chi connectivity index (χ3n) is 1.84. The Morgan fingerprint density at radius 1 is 1.60 bits per heavy atom. The summed E-state index contributed by atoms with van der Waals surface area (Å²) in [5, 5.41) is 4.25. The van der Waals surface area contributed by atoms with Gasteiger partial charge in [-0.25, -0.2) is 0 Å². The maximum atomic E-state index is 11.5. The van der Waals surface area contributed by atoms with Gasteiger partial charge in [0.25, 0.3) is 5.91 Å². The molecule has 0 spiro atoms. The number of carbonyl (C=O) groups is 2. The zero-order valence-electron chi connectivity index (χ0n) is 8.32. The Bertz CT molecular complexity index is 375. The molecule has 0 aliphatic rings. The van der Waals surface area contributed by atoms with Gasteiger partial charge >= 0.3 is 0 Å². The van der Waals surface area contributed by atoms with Crippen molar-refractivity contribution in [3.05, 3.63) is 21.9 Å². The van der Waals surface area contributed by atoms with Crippen LogP contribution in [0.15, 0.2) is 11.4 Å². The molecule has 2 amide bonds. The summed E-state index contributed by atoms with van der Waals surface area (Å²) in [5.41, 5.74) is 10.8. The van der Waals surface area contributed by atoms with Crippen molar-refractivity contribution in [2.75, 3.05) is 6.54 Å². The minimum atomic E-state index is -0.530. The lowest BCUT2D eigenvalue weighted by atomic mass is 10.3. The Morgan fingerprint density at radius 3 is 2.73 bits per heavy atom. The molecule has 1 aromatic heterocycles. The number of carbonyl (C=O) groups excluding carboxylic acids is 2. The number of nitrogens with one attached hydrogen (secondary N) is 1. The molecule has 5 nitrogen and oxygen atoms in total. The zero-order valence-corrected chi connectivity index (χ0v) is 9.14. The predicted molar refractivity (Wildman–Crippen MR) is 58.8 cm³/mol. The molecule has 0 aliphatic carbocycles. The lowest BCUT2D eigenvalue weighted by molar-refractivity contribution is 0.0945. The summed E-state index contributed by atoms with van der Waals surface area (Å²) < 4.78 is 0. The molecular formula is C9H13N3O2S. The van der Waals surface area contributed by atoms with Gasteiger partial charge in [-0.3, -0.25) is 9.59 Å². The molecule has 0 saturated heterocycles. The van der Waals surface area contributed by atoms with E-state index in [2.05, 4.69) is 5.32 Å². The van der Waals surface area contributed by atoms with Gasteiger partial charge in [0.2, 0.25) is 5.91 Å². The van der Waals surface area contributed by atoms with E-state index in [1.165, 1.54) is 17.4 Å². The van der Waals surface area contributed by atoms with E-state index in [1.807, 2.05) is 0 Å². The first-order valence-corrected chi connectivity index (χ1v) is 5.31. The van der Waals surface area contributed by atoms with Crippen molar-refractivity contribution >= 4 is 23.2 Å². The minimum absolute atomic E-state index is 0.0865. The highest BCUT2D eigenvalue weighted by Gasteiger charge is 2.12. The van der Waals surface area contributed by atoms with Crippen LogP contribution >= 0.6 is 11.3 Å². The molecule has 0 aliphatic heterocycles. The molecule has 0 unspecified atom stereocenters. The van der Waals surface area contributed by atoms with Crippen LogP contribution in [0.2, 0.25) is 0 Å². The molecule has 0 saturated carbocycles. The van der Waals surface area contributed by atoms with Crippen molar-refractivity contribution in [2.24, 2.45) is 11.5 Å². The second-order valence-electron chi connectivity index (χ2n) is 3.17. The highest BCUT2D eigenvalue weighted by molar-refractivity contribution is 7.12. The fourth-order valence-corrected chi connectivity index (χ4v) is 1.74. The maximum absolute atomic E-state index is 11.5. The third-order valence-corrected chi connectivity index (χ3v) is 2.77. The van der Waals surface area contributed by atoms with Crippen molar-refractivity contribution in [3.8, 4) is 0 Å². The second kappa shape index (κ2) is 4.90. The average molecular weight is 227 g/mol. The Kier molecular flexibility index (Phi) is 3.81. The summed E-state index contributed by atoms with van der Waals surface area (Å²) >= 11 is 1.18. The quantitative estimate of drug-likeness (QED) is 0.671. The van der Waals surface area contributed by atoms with Gasteiger partial charge in [-0.2, -0.15) is 0 Å². The molecule has 82 valence electrons. The molecule has 5 N–H and O–H groups in total. The van der Waals surface area contributed by atoms with Gasteiger partial charge in [-0.15, -0.1) is 11.3 Å². The summed E-state index contributed by atoms with van der Waals surface area (Å²) in [6, 6.07) is 1.39. The van der Waals surface area contributed by atoms with Crippen molar-refractivity contribution in [1.82, 2.24) is 5.32 Å². The summed E-state index contributed by atoms with van der Waals surface area (Å²) in [7, 11) is 0. The van der Waals surface area contributed by atoms with E-state index in [0.717, 1.165) is 0 Å². The summed E-state index contributed by atoms with van der Waals surface area (Å²) in [6.07, 6.45) is 0. The average Bonchev–Trinajstić information content (AvgIpc) is 2.66. The first-order chi connectivity index (χ1) is 7.04. The van der Waals surface area contributed by atoms with Crippen LogP contribution in [0.1, 0.15) is 27.0 Å². The SMILES string of the molecule is C[C@@H](CN)NC(=O)c1cc(C(N)=O)cs1. The van der Waals surface area contributed by atoms with E-state index >= 15 is 0 Å². The van der Waals surface area contributed by atoms with E-state index < -0.39 is 5.91 Å². The van der Waals surface area contributed by atoms with E-state index in [9.17, 15) is 9.59 Å². The fraction of sp³-hybridized carbons (Fsp3) is 0.333. The molecule has 15 heavy (non-hydrogen) atoms. The third kappa shape index (κ3) is 3.03. The van der Waals surface area contributed by atoms with E-state index in [1.54, 1.807) is 12.3 Å². The number of hydrogen-bond acceptors (Lipinski definition) is 4. The van der Waals surface area contributed by atoms with Crippen LogP contribution in [0.3, 0.4) is 0 Å². The smallest absolute Gasteiger partial charge is 0.261 e. The Morgan fingerprint density at radius 2 is 2.27 bits per heavy atom. The second-order valence-corrected chi connectivity index (χ2v) is 4.09. The van der Waals surface area contributed by atoms with E-state index in [-0.39, 0.29) is 11.9 Å². The highest BCUT2D eigenvalue weighted by atomic mass is 32.1. The number of primary amides is 1. The molecule has 1 aromatic rings. The predicted octanol–water partition coefficient (Wildman–Crippen LogP) is -0.0760. The Balaban J connectivity index is 2.70. The van der Waals surface area contributed by atoms with Crippen LogP contribution in [0, 0.1) is 0 Å². The molecular weight excluding hydrogens is 214 g/mol. The normalized spacial score (nSPS) is 12.1. The van der Waals surface area contributed by atoms with Crippen LogP contribution in [-0.2, 0) is 0 Å². The molecule has 1 rings (SSSR count). The van der Waals surface area contributed by atoms with Gasteiger partial charge in [-0.1, -0.05) is 0 Å². The Hall–Kier alpha value is -1.40. The van der Waals surface area contributed by atoms with Gasteiger partial charge in [0, 0.05) is 18.0 Å². The molecule has 0 radical (unpaired) electrons. The number of amides is 2. The van der Waals surface area contributed by atoms with Crippen molar-refractivity contribution in [2.45, 2.75) is 13.0 Å². The van der Waals surface area contributed by atoms with Crippen LogP contribution in [0.25, 0.3) is 0 Å². The number of hydrogen-bond donors (Lipinski definition) is 3. The topological polar surface area (TPSA) is 98.2 Å². The summed E-state index contributed by atoms with van der Waals surface area (Å²) in [4.78, 5) is 22.8.